The zero-order chi connectivity index (χ0) is 21.9. The minimum Gasteiger partial charge on any atom is -0.449 e. The first-order valence-corrected chi connectivity index (χ1v) is 12.7. The zero-order valence-corrected chi connectivity index (χ0v) is 19.0. The Morgan fingerprint density at radius 3 is 2.53 bits per heavy atom. The van der Waals surface area contributed by atoms with Crippen molar-refractivity contribution in [1.29, 1.82) is 0 Å². The Bertz CT molecular complexity index is 1010. The van der Waals surface area contributed by atoms with Gasteiger partial charge in [0, 0.05) is 23.9 Å². The smallest absolute Gasteiger partial charge is 0.339 e. The van der Waals surface area contributed by atoms with Crippen LogP contribution in [-0.4, -0.2) is 43.7 Å². The van der Waals surface area contributed by atoms with Gasteiger partial charge < -0.3 is 4.74 Å². The summed E-state index contributed by atoms with van der Waals surface area (Å²) in [6.45, 7) is 3.23. The number of carbonyl (C=O) groups is 2. The minimum absolute atomic E-state index is 0.0330. The van der Waals surface area contributed by atoms with Gasteiger partial charge in [0.15, 0.2) is 21.1 Å². The highest BCUT2D eigenvalue weighted by molar-refractivity contribution is 7.90. The maximum Gasteiger partial charge on any atom is 0.339 e. The van der Waals surface area contributed by atoms with Crippen LogP contribution in [0.1, 0.15) is 54.9 Å². The lowest BCUT2D eigenvalue weighted by atomic mass is 9.94. The zero-order valence-electron chi connectivity index (χ0n) is 17.3. The predicted molar refractivity (Wildman–Crippen MR) is 116 cm³/mol. The number of carbonyl (C=O) groups excluding carboxylic acids is 2. The molecule has 0 bridgehead atoms. The molecule has 0 spiro atoms. The van der Waals surface area contributed by atoms with E-state index in [4.69, 9.17) is 4.74 Å². The van der Waals surface area contributed by atoms with Gasteiger partial charge in [0.2, 0.25) is 0 Å². The highest BCUT2D eigenvalue weighted by Gasteiger charge is 2.33. The van der Waals surface area contributed by atoms with E-state index in [1.54, 1.807) is 31.0 Å². The van der Waals surface area contributed by atoms with Crippen molar-refractivity contribution in [2.45, 2.75) is 63.0 Å². The van der Waals surface area contributed by atoms with Crippen LogP contribution in [0, 0.1) is 6.92 Å². The van der Waals surface area contributed by atoms with E-state index in [9.17, 15) is 18.0 Å². The molecule has 7 nitrogen and oxygen atoms in total. The van der Waals surface area contributed by atoms with Crippen LogP contribution in [0.3, 0.4) is 0 Å². The normalized spacial score (nSPS) is 16.1. The number of hydrogen-bond donors (Lipinski definition) is 0. The molecule has 0 radical (unpaired) electrons. The Labute approximate surface area is 181 Å². The fourth-order valence-electron chi connectivity index (χ4n) is 3.63. The molecular formula is C21H26N2O5S2. The molecule has 0 N–H and O–H groups in total. The van der Waals surface area contributed by atoms with Crippen molar-refractivity contribution in [2.75, 3.05) is 11.2 Å². The van der Waals surface area contributed by atoms with E-state index in [1.807, 2.05) is 5.38 Å². The number of esters is 1. The van der Waals surface area contributed by atoms with Crippen LogP contribution < -0.4 is 4.90 Å². The monoisotopic (exact) mass is 450 g/mol. The first kappa shape index (κ1) is 22.4. The standard InChI is InChI=1S/C21H26N2O5S2/c1-14-9-10-17(30(3,26)27)13-18(14)20(25)28-15(2)19(24)23(21-22-11-12-29-21)16-7-5-4-6-8-16/h9-13,15-16H,4-8H2,1-3H3. The summed E-state index contributed by atoms with van der Waals surface area (Å²) in [6, 6.07) is 4.34. The van der Waals surface area contributed by atoms with Gasteiger partial charge in [-0.05, 0) is 44.4 Å². The summed E-state index contributed by atoms with van der Waals surface area (Å²) in [5.74, 6) is -1.04. The topological polar surface area (TPSA) is 93.6 Å². The van der Waals surface area contributed by atoms with Gasteiger partial charge in [0.05, 0.1) is 10.5 Å². The van der Waals surface area contributed by atoms with Crippen LogP contribution in [0.4, 0.5) is 5.13 Å². The molecule has 1 saturated carbocycles. The Hall–Kier alpha value is -2.26. The van der Waals surface area contributed by atoms with Gasteiger partial charge in [-0.2, -0.15) is 0 Å². The van der Waals surface area contributed by atoms with Crippen LogP contribution in [-0.2, 0) is 19.4 Å². The molecule has 1 amide bonds. The highest BCUT2D eigenvalue weighted by Crippen LogP contribution is 2.30. The maximum absolute atomic E-state index is 13.2. The third-order valence-corrected chi connectivity index (χ3v) is 7.17. The van der Waals surface area contributed by atoms with Crippen LogP contribution >= 0.6 is 11.3 Å². The predicted octanol–water partition coefficient (Wildman–Crippen LogP) is 3.77. The Morgan fingerprint density at radius 1 is 1.23 bits per heavy atom. The van der Waals surface area contributed by atoms with Crippen molar-refractivity contribution in [3.05, 3.63) is 40.9 Å². The summed E-state index contributed by atoms with van der Waals surface area (Å²) in [6.07, 6.45) is 6.73. The van der Waals surface area contributed by atoms with E-state index >= 15 is 0 Å². The molecule has 0 aliphatic heterocycles. The van der Waals surface area contributed by atoms with Crippen molar-refractivity contribution in [1.82, 2.24) is 4.98 Å². The van der Waals surface area contributed by atoms with Crippen LogP contribution in [0.2, 0.25) is 0 Å². The van der Waals surface area contributed by atoms with Crippen LogP contribution in [0.25, 0.3) is 0 Å². The number of amides is 1. The molecule has 1 fully saturated rings. The molecule has 0 saturated heterocycles. The highest BCUT2D eigenvalue weighted by atomic mass is 32.2. The van der Waals surface area contributed by atoms with Gasteiger partial charge >= 0.3 is 5.97 Å². The van der Waals surface area contributed by atoms with E-state index in [2.05, 4.69) is 4.98 Å². The van der Waals surface area contributed by atoms with Crippen LogP contribution in [0.5, 0.6) is 0 Å². The van der Waals surface area contributed by atoms with Gasteiger partial charge in [-0.25, -0.2) is 18.2 Å². The minimum atomic E-state index is -3.47. The molecule has 3 rings (SSSR count). The third-order valence-electron chi connectivity index (χ3n) is 5.29. The molecule has 9 heteroatoms. The Kier molecular flexibility index (Phi) is 6.92. The van der Waals surface area contributed by atoms with E-state index in [0.29, 0.717) is 10.7 Å². The SMILES string of the molecule is Cc1ccc(S(C)(=O)=O)cc1C(=O)OC(C)C(=O)N(c1nccs1)C1CCCCC1. The van der Waals surface area contributed by atoms with Gasteiger partial charge in [-0.3, -0.25) is 9.69 Å². The molecule has 1 aliphatic rings. The lowest BCUT2D eigenvalue weighted by molar-refractivity contribution is -0.127. The number of nitrogens with zero attached hydrogens (tertiary/aromatic N) is 2. The first-order valence-electron chi connectivity index (χ1n) is 9.92. The molecule has 162 valence electrons. The molecular weight excluding hydrogens is 424 g/mol. The molecule has 1 aliphatic carbocycles. The van der Waals surface area contributed by atoms with E-state index in [1.165, 1.54) is 23.5 Å². The quantitative estimate of drug-likeness (QED) is 0.622. The summed E-state index contributed by atoms with van der Waals surface area (Å²) >= 11 is 1.38. The largest absolute Gasteiger partial charge is 0.449 e. The molecule has 30 heavy (non-hydrogen) atoms. The first-order chi connectivity index (χ1) is 14.2. The van der Waals surface area contributed by atoms with E-state index in [0.717, 1.165) is 38.4 Å². The average Bonchev–Trinajstić information content (AvgIpc) is 3.22. The Morgan fingerprint density at radius 2 is 1.93 bits per heavy atom. The number of benzene rings is 1. The molecule has 1 atom stereocenters. The number of rotatable bonds is 6. The average molecular weight is 451 g/mol. The second kappa shape index (κ2) is 9.26. The third kappa shape index (κ3) is 5.07. The number of aromatic nitrogens is 1. The van der Waals surface area contributed by atoms with Crippen molar-refractivity contribution in [2.24, 2.45) is 0 Å². The van der Waals surface area contributed by atoms with Gasteiger partial charge in [0.25, 0.3) is 5.91 Å². The second-order valence-corrected chi connectivity index (χ2v) is 10.5. The summed E-state index contributed by atoms with van der Waals surface area (Å²) in [7, 11) is -3.47. The van der Waals surface area contributed by atoms with Crippen molar-refractivity contribution >= 4 is 38.2 Å². The number of aryl methyl sites for hydroxylation is 1. The summed E-state index contributed by atoms with van der Waals surface area (Å²) < 4.78 is 29.1. The number of sulfone groups is 1. The van der Waals surface area contributed by atoms with Crippen molar-refractivity contribution < 1.29 is 22.7 Å². The lowest BCUT2D eigenvalue weighted by Gasteiger charge is -2.33. The summed E-state index contributed by atoms with van der Waals surface area (Å²) in [5.41, 5.74) is 0.715. The van der Waals surface area contributed by atoms with Gasteiger partial charge in [-0.1, -0.05) is 25.3 Å². The van der Waals surface area contributed by atoms with Gasteiger partial charge in [-0.15, -0.1) is 11.3 Å². The maximum atomic E-state index is 13.2. The van der Waals surface area contributed by atoms with Gasteiger partial charge in [0.1, 0.15) is 0 Å². The molecule has 2 aromatic rings. The second-order valence-electron chi connectivity index (χ2n) is 7.61. The van der Waals surface area contributed by atoms with E-state index in [-0.39, 0.29) is 22.4 Å². The number of ether oxygens (including phenoxy) is 1. The molecule has 1 heterocycles. The summed E-state index contributed by atoms with van der Waals surface area (Å²) in [5, 5.41) is 2.42. The number of thiazole rings is 1. The lowest BCUT2D eigenvalue weighted by Crippen LogP contribution is -2.47. The number of hydrogen-bond acceptors (Lipinski definition) is 7. The molecule has 1 aromatic carbocycles. The molecule has 1 aromatic heterocycles. The number of anilines is 1. The summed E-state index contributed by atoms with van der Waals surface area (Å²) in [4.78, 5) is 32.0. The molecule has 1 unspecified atom stereocenters. The fourth-order valence-corrected chi connectivity index (χ4v) is 4.99. The Balaban J connectivity index is 1.80. The van der Waals surface area contributed by atoms with Crippen molar-refractivity contribution in [3.63, 3.8) is 0 Å². The van der Waals surface area contributed by atoms with Crippen LogP contribution in [0.15, 0.2) is 34.7 Å². The fraction of sp³-hybridized carbons (Fsp3) is 0.476. The van der Waals surface area contributed by atoms with Crippen molar-refractivity contribution in [3.8, 4) is 0 Å². The van der Waals surface area contributed by atoms with E-state index < -0.39 is 21.9 Å².